The van der Waals surface area contributed by atoms with Crippen LogP contribution in [-0.4, -0.2) is 60.2 Å². The van der Waals surface area contributed by atoms with Crippen molar-refractivity contribution >= 4 is 5.82 Å². The number of ether oxygens (including phenoxy) is 1. The van der Waals surface area contributed by atoms with Gasteiger partial charge in [-0.2, -0.15) is 4.98 Å². The predicted molar refractivity (Wildman–Crippen MR) is 58.0 cm³/mol. The molecule has 0 aliphatic carbocycles. The number of anilines is 1. The Morgan fingerprint density at radius 2 is 2.16 bits per heavy atom. The van der Waals surface area contributed by atoms with Gasteiger partial charge in [0.1, 0.15) is 18.3 Å². The van der Waals surface area contributed by atoms with E-state index in [0.717, 1.165) is 4.57 Å². The van der Waals surface area contributed by atoms with Crippen LogP contribution in [0.25, 0.3) is 0 Å². The van der Waals surface area contributed by atoms with E-state index < -0.39 is 31.1 Å². The van der Waals surface area contributed by atoms with Crippen molar-refractivity contribution in [3.05, 3.63) is 17.9 Å². The quantitative estimate of drug-likeness (QED) is 0.263. The Balaban J connectivity index is 2.38. The average molecular weight is 274 g/mol. The topological polar surface area (TPSA) is 153 Å². The second-order valence-corrected chi connectivity index (χ2v) is 3.96. The molecule has 0 saturated carbocycles. The van der Waals surface area contributed by atoms with Crippen LogP contribution in [0.15, 0.2) is 17.4 Å². The molecule has 4 atom stereocenters. The summed E-state index contributed by atoms with van der Waals surface area (Å²) in [5.41, 5.74) is 1.52. The molecule has 10 nitrogen and oxygen atoms in total. The summed E-state index contributed by atoms with van der Waals surface area (Å²) in [6, 6.07) is 1.34. The van der Waals surface area contributed by atoms with Gasteiger partial charge in [0.05, 0.1) is 6.61 Å². The van der Waals surface area contributed by atoms with E-state index in [2.05, 4.69) is 10.1 Å². The van der Waals surface area contributed by atoms with Crippen molar-refractivity contribution in [1.29, 1.82) is 0 Å². The van der Waals surface area contributed by atoms with E-state index in [9.17, 15) is 10.2 Å². The van der Waals surface area contributed by atoms with E-state index in [1.807, 2.05) is 0 Å². The molecule has 0 bridgehead atoms. The average Bonchev–Trinajstić information content (AvgIpc) is 2.74. The maximum Gasteiger partial charge on any atom is 0.270 e. The van der Waals surface area contributed by atoms with Gasteiger partial charge in [0.25, 0.3) is 5.62 Å². The summed E-state index contributed by atoms with van der Waals surface area (Å²) in [7, 11) is 0. The first-order valence-electron chi connectivity index (χ1n) is 5.42. The zero-order valence-electron chi connectivity index (χ0n) is 9.66. The number of aromatic nitrogens is 2. The van der Waals surface area contributed by atoms with E-state index in [1.54, 1.807) is 5.48 Å². The Kier molecular flexibility index (Phi) is 3.97. The molecule has 2 heterocycles. The lowest BCUT2D eigenvalue weighted by Gasteiger charge is -2.18. The van der Waals surface area contributed by atoms with E-state index in [0.29, 0.717) is 0 Å². The fourth-order valence-electron chi connectivity index (χ4n) is 1.87. The van der Waals surface area contributed by atoms with Crippen molar-refractivity contribution in [2.24, 2.45) is 5.16 Å². The van der Waals surface area contributed by atoms with Crippen LogP contribution >= 0.6 is 0 Å². The van der Waals surface area contributed by atoms with Gasteiger partial charge in [-0.25, -0.2) is 0 Å². The van der Waals surface area contributed by atoms with Crippen LogP contribution in [0.3, 0.4) is 0 Å². The van der Waals surface area contributed by atoms with Gasteiger partial charge >= 0.3 is 0 Å². The molecule has 2 rings (SSSR count). The minimum Gasteiger partial charge on any atom is -0.408 e. The van der Waals surface area contributed by atoms with Gasteiger partial charge in [0.2, 0.25) is 0 Å². The molecule has 1 saturated heterocycles. The summed E-state index contributed by atoms with van der Waals surface area (Å²) in [5, 5.41) is 48.9. The highest BCUT2D eigenvalue weighted by atomic mass is 16.6. The lowest BCUT2D eigenvalue weighted by atomic mass is 10.1. The molecular weight excluding hydrogens is 260 g/mol. The Hall–Kier alpha value is -1.72. The first-order chi connectivity index (χ1) is 9.12. The SMILES string of the molecule is OC[C@H]1O[C@@H](n2ccc(NO)n/c2=N\O)[C@H](O)[C@@H]1O. The zero-order valence-corrected chi connectivity index (χ0v) is 9.66. The summed E-state index contributed by atoms with van der Waals surface area (Å²) in [6.45, 7) is -0.468. The van der Waals surface area contributed by atoms with Gasteiger partial charge in [0.15, 0.2) is 12.0 Å². The molecule has 1 aliphatic rings. The summed E-state index contributed by atoms with van der Waals surface area (Å²) >= 11 is 0. The molecule has 10 heteroatoms. The normalized spacial score (nSPS) is 31.7. The van der Waals surface area contributed by atoms with Crippen molar-refractivity contribution in [2.45, 2.75) is 24.5 Å². The summed E-state index contributed by atoms with van der Waals surface area (Å²) in [6.07, 6.45) is -3.28. The summed E-state index contributed by atoms with van der Waals surface area (Å²) in [4.78, 5) is 3.71. The number of aliphatic hydroxyl groups is 3. The summed E-state index contributed by atoms with van der Waals surface area (Å²) < 4.78 is 6.41. The Bertz CT molecular complexity index is 506. The minimum atomic E-state index is -1.32. The van der Waals surface area contributed by atoms with E-state index >= 15 is 0 Å². The van der Waals surface area contributed by atoms with Gasteiger partial charge < -0.3 is 25.3 Å². The molecule has 0 unspecified atom stereocenters. The fraction of sp³-hybridized carbons (Fsp3) is 0.556. The van der Waals surface area contributed by atoms with Gasteiger partial charge in [-0.3, -0.25) is 15.3 Å². The monoisotopic (exact) mass is 274 g/mol. The first-order valence-corrected chi connectivity index (χ1v) is 5.42. The van der Waals surface area contributed by atoms with Crippen molar-refractivity contribution in [2.75, 3.05) is 12.1 Å². The highest BCUT2D eigenvalue weighted by Gasteiger charge is 2.43. The molecule has 106 valence electrons. The maximum absolute atomic E-state index is 9.84. The van der Waals surface area contributed by atoms with Crippen molar-refractivity contribution < 1.29 is 30.5 Å². The van der Waals surface area contributed by atoms with Crippen LogP contribution in [0.1, 0.15) is 6.23 Å². The van der Waals surface area contributed by atoms with Gasteiger partial charge in [0, 0.05) is 6.20 Å². The minimum absolute atomic E-state index is 0.0239. The van der Waals surface area contributed by atoms with Crippen molar-refractivity contribution in [3.63, 3.8) is 0 Å². The second-order valence-electron chi connectivity index (χ2n) is 3.96. The van der Waals surface area contributed by atoms with Crippen LogP contribution in [0.4, 0.5) is 5.82 Å². The predicted octanol–water partition coefficient (Wildman–Crippen LogP) is -2.41. The molecule has 19 heavy (non-hydrogen) atoms. The number of aliphatic hydroxyl groups excluding tert-OH is 3. The number of nitrogens with zero attached hydrogens (tertiary/aromatic N) is 3. The first kappa shape index (κ1) is 13.7. The van der Waals surface area contributed by atoms with Gasteiger partial charge in [-0.05, 0) is 11.2 Å². The molecule has 1 aromatic heterocycles. The van der Waals surface area contributed by atoms with Crippen molar-refractivity contribution in [3.8, 4) is 0 Å². The molecule has 0 aromatic carbocycles. The van der Waals surface area contributed by atoms with Crippen LogP contribution in [-0.2, 0) is 4.74 Å². The maximum atomic E-state index is 9.84. The molecule has 1 fully saturated rings. The van der Waals surface area contributed by atoms with Gasteiger partial charge in [-0.15, -0.1) is 0 Å². The number of hydrogen-bond donors (Lipinski definition) is 6. The lowest BCUT2D eigenvalue weighted by Crippen LogP contribution is -2.36. The number of hydrogen-bond acceptors (Lipinski definition) is 9. The van der Waals surface area contributed by atoms with Crippen molar-refractivity contribution in [1.82, 2.24) is 9.55 Å². The summed E-state index contributed by atoms with van der Waals surface area (Å²) in [5.74, 6) is 0.0239. The molecule has 6 N–H and O–H groups in total. The smallest absolute Gasteiger partial charge is 0.270 e. The fourth-order valence-corrected chi connectivity index (χ4v) is 1.87. The molecule has 1 aliphatic heterocycles. The molecule has 1 aromatic rings. The molecule has 0 spiro atoms. The molecule has 0 radical (unpaired) electrons. The van der Waals surface area contributed by atoms with E-state index in [4.69, 9.17) is 20.3 Å². The largest absolute Gasteiger partial charge is 0.408 e. The third-order valence-electron chi connectivity index (χ3n) is 2.84. The van der Waals surface area contributed by atoms with E-state index in [-0.39, 0.29) is 11.4 Å². The Labute approximate surface area is 106 Å². The highest BCUT2D eigenvalue weighted by molar-refractivity contribution is 5.27. The Morgan fingerprint density at radius 3 is 2.68 bits per heavy atom. The number of rotatable bonds is 3. The van der Waals surface area contributed by atoms with Crippen LogP contribution in [0.5, 0.6) is 0 Å². The third-order valence-corrected chi connectivity index (χ3v) is 2.84. The Morgan fingerprint density at radius 1 is 1.42 bits per heavy atom. The van der Waals surface area contributed by atoms with Crippen LogP contribution in [0.2, 0.25) is 0 Å². The van der Waals surface area contributed by atoms with E-state index in [1.165, 1.54) is 12.3 Å². The standard InChI is InChI=1S/C9H14N4O6/c14-3-4-6(15)7(16)8(19-4)13-2-1-5(11-17)10-9(13)12-18/h1-2,4,6-8,14-18H,3H2,(H,10,11,12)/t4-,6-,7-,8-/m1/s1. The lowest BCUT2D eigenvalue weighted by molar-refractivity contribution is -0.0560. The molecular formula is C9H14N4O6. The van der Waals surface area contributed by atoms with Gasteiger partial charge in [-0.1, -0.05) is 0 Å². The highest BCUT2D eigenvalue weighted by Crippen LogP contribution is 2.28. The second kappa shape index (κ2) is 5.50. The third kappa shape index (κ3) is 2.39. The number of nitrogens with one attached hydrogen (secondary N) is 1. The molecule has 0 amide bonds. The zero-order chi connectivity index (χ0) is 14.0. The van der Waals surface area contributed by atoms with Crippen LogP contribution < -0.4 is 11.1 Å². The van der Waals surface area contributed by atoms with Crippen LogP contribution in [0, 0.1) is 0 Å².